The summed E-state index contributed by atoms with van der Waals surface area (Å²) in [4.78, 5) is 14.2. The molecule has 5 heteroatoms. The molecule has 1 heterocycles. The highest BCUT2D eigenvalue weighted by molar-refractivity contribution is 6.30. The van der Waals surface area contributed by atoms with Gasteiger partial charge < -0.3 is 15.3 Å². The van der Waals surface area contributed by atoms with Crippen molar-refractivity contribution in [2.24, 2.45) is 11.8 Å². The molecule has 1 saturated heterocycles. The lowest BCUT2D eigenvalue weighted by Gasteiger charge is -2.21. The molecule has 0 bridgehead atoms. The van der Waals surface area contributed by atoms with E-state index in [2.05, 4.69) is 17.1 Å². The lowest BCUT2D eigenvalue weighted by atomic mass is 10.0. The zero-order valence-corrected chi connectivity index (χ0v) is 14.9. The molecule has 1 fully saturated rings. The predicted molar refractivity (Wildman–Crippen MR) is 95.0 cm³/mol. The van der Waals surface area contributed by atoms with E-state index in [1.54, 1.807) is 0 Å². The minimum absolute atomic E-state index is 0.0661. The summed E-state index contributed by atoms with van der Waals surface area (Å²) in [7, 11) is 0. The summed E-state index contributed by atoms with van der Waals surface area (Å²) in [5, 5.41) is 13.5. The Hall–Kier alpha value is -1.26. The van der Waals surface area contributed by atoms with E-state index < -0.39 is 6.10 Å². The van der Waals surface area contributed by atoms with Gasteiger partial charge in [-0.15, -0.1) is 0 Å². The van der Waals surface area contributed by atoms with Crippen LogP contribution in [0.25, 0.3) is 0 Å². The highest BCUT2D eigenvalue weighted by atomic mass is 35.5. The van der Waals surface area contributed by atoms with Gasteiger partial charge in [0, 0.05) is 30.3 Å². The number of carbonyl (C=O) groups is 1. The average Bonchev–Trinajstić information content (AvgIpc) is 2.96. The Bertz CT molecular complexity index is 548. The van der Waals surface area contributed by atoms with Crippen molar-refractivity contribution >= 4 is 23.2 Å². The van der Waals surface area contributed by atoms with Gasteiger partial charge in [0.25, 0.3) is 0 Å². The number of anilines is 1. The first-order valence-corrected chi connectivity index (χ1v) is 8.70. The van der Waals surface area contributed by atoms with Gasteiger partial charge in [0.05, 0.1) is 12.5 Å². The van der Waals surface area contributed by atoms with Crippen LogP contribution in [0.3, 0.4) is 0 Å². The summed E-state index contributed by atoms with van der Waals surface area (Å²) >= 11 is 6.10. The number of hydrogen-bond acceptors (Lipinski definition) is 3. The molecule has 2 N–H and O–H groups in total. The fraction of sp³-hybridized carbons (Fsp3) is 0.611. The molecule has 1 amide bonds. The quantitative estimate of drug-likeness (QED) is 0.838. The number of benzene rings is 1. The number of hydrogen-bond donors (Lipinski definition) is 2. The van der Waals surface area contributed by atoms with E-state index in [4.69, 9.17) is 11.6 Å². The van der Waals surface area contributed by atoms with Crippen molar-refractivity contribution in [3.63, 3.8) is 0 Å². The van der Waals surface area contributed by atoms with Gasteiger partial charge in [-0.1, -0.05) is 31.5 Å². The van der Waals surface area contributed by atoms with Gasteiger partial charge in [-0.3, -0.25) is 4.79 Å². The van der Waals surface area contributed by atoms with E-state index in [0.29, 0.717) is 12.5 Å². The maximum atomic E-state index is 11.9. The van der Waals surface area contributed by atoms with E-state index >= 15 is 0 Å². The summed E-state index contributed by atoms with van der Waals surface area (Å²) in [5.74, 6) is 0.477. The van der Waals surface area contributed by atoms with Crippen LogP contribution in [0.2, 0.25) is 5.02 Å². The van der Waals surface area contributed by atoms with Crippen molar-refractivity contribution in [3.05, 3.63) is 28.8 Å². The van der Waals surface area contributed by atoms with Gasteiger partial charge >= 0.3 is 0 Å². The maximum Gasteiger partial charge on any atom is 0.222 e. The molecule has 0 saturated carbocycles. The molecule has 23 heavy (non-hydrogen) atoms. The third-order valence-electron chi connectivity index (χ3n) is 4.55. The summed E-state index contributed by atoms with van der Waals surface area (Å²) in [5.41, 5.74) is 2.40. The average molecular weight is 339 g/mol. The highest BCUT2D eigenvalue weighted by Crippen LogP contribution is 2.29. The molecule has 0 spiro atoms. The normalized spacial score (nSPS) is 19.2. The fourth-order valence-corrected chi connectivity index (χ4v) is 3.06. The molecule has 1 aliphatic rings. The second kappa shape index (κ2) is 8.02. The molecular formula is C18H27ClN2O2. The topological polar surface area (TPSA) is 52.6 Å². The standard InChI is InChI=1S/C18H27ClN2O2/c1-12(2)17(22)9-18(23)20-10-14-6-7-21(11-14)16-8-15(19)5-4-13(16)3/h4-5,8,12,14,17,22H,6-7,9-11H2,1-3H3,(H,20,23). The van der Waals surface area contributed by atoms with Gasteiger partial charge in [-0.2, -0.15) is 0 Å². The monoisotopic (exact) mass is 338 g/mol. The fourth-order valence-electron chi connectivity index (χ4n) is 2.90. The Morgan fingerprint density at radius 1 is 1.48 bits per heavy atom. The van der Waals surface area contributed by atoms with E-state index in [1.807, 2.05) is 32.0 Å². The van der Waals surface area contributed by atoms with E-state index in [-0.39, 0.29) is 18.2 Å². The Labute approximate surface area is 143 Å². The van der Waals surface area contributed by atoms with Crippen LogP contribution >= 0.6 is 11.6 Å². The van der Waals surface area contributed by atoms with Crippen molar-refractivity contribution in [1.29, 1.82) is 0 Å². The molecule has 0 radical (unpaired) electrons. The third-order valence-corrected chi connectivity index (χ3v) is 4.78. The number of halogens is 1. The number of aliphatic hydroxyl groups excluding tert-OH is 1. The number of nitrogens with one attached hydrogen (secondary N) is 1. The molecule has 1 aromatic carbocycles. The van der Waals surface area contributed by atoms with Gasteiger partial charge in [0.1, 0.15) is 0 Å². The SMILES string of the molecule is Cc1ccc(Cl)cc1N1CCC(CNC(=O)CC(O)C(C)C)C1. The van der Waals surface area contributed by atoms with Crippen molar-refractivity contribution in [1.82, 2.24) is 5.32 Å². The first-order chi connectivity index (χ1) is 10.9. The first-order valence-electron chi connectivity index (χ1n) is 8.32. The molecule has 2 unspecified atom stereocenters. The van der Waals surface area contributed by atoms with Crippen LogP contribution < -0.4 is 10.2 Å². The molecule has 128 valence electrons. The number of nitrogens with zero attached hydrogens (tertiary/aromatic N) is 1. The summed E-state index contributed by atoms with van der Waals surface area (Å²) in [6, 6.07) is 5.96. The van der Waals surface area contributed by atoms with E-state index in [0.717, 1.165) is 24.5 Å². The third kappa shape index (κ3) is 5.11. The zero-order chi connectivity index (χ0) is 17.0. The predicted octanol–water partition coefficient (Wildman–Crippen LogP) is 3.00. The van der Waals surface area contributed by atoms with Crippen molar-refractivity contribution in [2.45, 2.75) is 39.7 Å². The van der Waals surface area contributed by atoms with Crippen molar-refractivity contribution in [2.75, 3.05) is 24.5 Å². The minimum atomic E-state index is -0.566. The van der Waals surface area contributed by atoms with Crippen LogP contribution in [0.1, 0.15) is 32.3 Å². The van der Waals surface area contributed by atoms with Gasteiger partial charge in [-0.25, -0.2) is 0 Å². The second-order valence-corrected chi connectivity index (χ2v) is 7.29. The lowest BCUT2D eigenvalue weighted by molar-refractivity contribution is -0.123. The number of amides is 1. The van der Waals surface area contributed by atoms with Crippen LogP contribution in [0, 0.1) is 18.8 Å². The van der Waals surface area contributed by atoms with Crippen LogP contribution in [-0.4, -0.2) is 36.8 Å². The lowest BCUT2D eigenvalue weighted by Crippen LogP contribution is -2.34. The molecule has 1 aromatic rings. The summed E-state index contributed by atoms with van der Waals surface area (Å²) < 4.78 is 0. The Morgan fingerprint density at radius 3 is 2.91 bits per heavy atom. The number of carbonyl (C=O) groups excluding carboxylic acids is 1. The van der Waals surface area contributed by atoms with Crippen LogP contribution in [0.4, 0.5) is 5.69 Å². The minimum Gasteiger partial charge on any atom is -0.392 e. The van der Waals surface area contributed by atoms with E-state index in [1.165, 1.54) is 11.3 Å². The maximum absolute atomic E-state index is 11.9. The first kappa shape index (κ1) is 18.1. The Morgan fingerprint density at radius 2 is 2.22 bits per heavy atom. The summed E-state index contributed by atoms with van der Waals surface area (Å²) in [6.45, 7) is 8.50. The van der Waals surface area contributed by atoms with Crippen LogP contribution in [0.5, 0.6) is 0 Å². The van der Waals surface area contributed by atoms with Crippen LogP contribution in [-0.2, 0) is 4.79 Å². The molecule has 1 aliphatic heterocycles. The van der Waals surface area contributed by atoms with E-state index in [9.17, 15) is 9.90 Å². The Kier molecular flexibility index (Phi) is 6.31. The molecule has 2 atom stereocenters. The molecule has 0 aromatic heterocycles. The second-order valence-electron chi connectivity index (χ2n) is 6.85. The molecule has 0 aliphatic carbocycles. The molecule has 4 nitrogen and oxygen atoms in total. The molecule has 2 rings (SSSR count). The van der Waals surface area contributed by atoms with Crippen molar-refractivity contribution < 1.29 is 9.90 Å². The van der Waals surface area contributed by atoms with Gasteiger partial charge in [-0.05, 0) is 42.9 Å². The van der Waals surface area contributed by atoms with Crippen molar-refractivity contribution in [3.8, 4) is 0 Å². The van der Waals surface area contributed by atoms with Crippen LogP contribution in [0.15, 0.2) is 18.2 Å². The Balaban J connectivity index is 1.82. The molecular weight excluding hydrogens is 312 g/mol. The highest BCUT2D eigenvalue weighted by Gasteiger charge is 2.24. The number of rotatable bonds is 6. The smallest absolute Gasteiger partial charge is 0.222 e. The van der Waals surface area contributed by atoms with Gasteiger partial charge in [0.15, 0.2) is 0 Å². The van der Waals surface area contributed by atoms with Gasteiger partial charge in [0.2, 0.25) is 5.91 Å². The zero-order valence-electron chi connectivity index (χ0n) is 14.2. The summed E-state index contributed by atoms with van der Waals surface area (Å²) in [6.07, 6.45) is 0.671. The number of aliphatic hydroxyl groups is 1. The largest absolute Gasteiger partial charge is 0.392 e. The number of aryl methyl sites for hydroxylation is 1.